The Morgan fingerprint density at radius 2 is 2.10 bits per heavy atom. The van der Waals surface area contributed by atoms with E-state index < -0.39 is 17.5 Å². The number of nitrogens with one attached hydrogen (secondary N) is 1. The summed E-state index contributed by atoms with van der Waals surface area (Å²) in [6.45, 7) is 0.134. The molecule has 0 spiro atoms. The molecule has 1 saturated carbocycles. The van der Waals surface area contributed by atoms with Crippen LogP contribution in [-0.2, 0) is 15.0 Å². The largest absolute Gasteiger partial charge is 0.479 e. The topological polar surface area (TPSA) is 86.6 Å². The van der Waals surface area contributed by atoms with Gasteiger partial charge in [-0.25, -0.2) is 4.79 Å². The van der Waals surface area contributed by atoms with Gasteiger partial charge in [0.25, 0.3) is 0 Å². The minimum Gasteiger partial charge on any atom is -0.479 e. The maximum atomic E-state index is 12.4. The van der Waals surface area contributed by atoms with E-state index >= 15 is 0 Å². The van der Waals surface area contributed by atoms with Crippen LogP contribution in [0.1, 0.15) is 31.2 Å². The molecule has 6 heteroatoms. The zero-order valence-electron chi connectivity index (χ0n) is 11.5. The van der Waals surface area contributed by atoms with Gasteiger partial charge in [-0.05, 0) is 30.5 Å². The highest BCUT2D eigenvalue weighted by molar-refractivity contribution is 6.30. The van der Waals surface area contributed by atoms with Crippen LogP contribution in [0.25, 0.3) is 0 Å². The lowest BCUT2D eigenvalue weighted by Gasteiger charge is -2.40. The van der Waals surface area contributed by atoms with Crippen molar-refractivity contribution < 1.29 is 19.8 Å². The molecule has 1 aliphatic carbocycles. The van der Waals surface area contributed by atoms with E-state index in [0.717, 1.165) is 24.8 Å². The lowest BCUT2D eigenvalue weighted by atomic mass is 9.64. The molecule has 1 fully saturated rings. The lowest BCUT2D eigenvalue weighted by molar-refractivity contribution is -0.147. The van der Waals surface area contributed by atoms with Crippen LogP contribution < -0.4 is 5.32 Å². The third-order valence-corrected chi connectivity index (χ3v) is 4.24. The molecule has 1 aromatic rings. The molecule has 1 unspecified atom stereocenters. The minimum absolute atomic E-state index is 0.00724. The van der Waals surface area contributed by atoms with Crippen molar-refractivity contribution in [2.45, 2.75) is 37.2 Å². The number of carboxylic acids is 1. The number of hydrogen-bond donors (Lipinski definition) is 3. The van der Waals surface area contributed by atoms with Crippen LogP contribution in [0.5, 0.6) is 0 Å². The van der Waals surface area contributed by atoms with Crippen LogP contribution in [0.3, 0.4) is 0 Å². The maximum absolute atomic E-state index is 12.4. The van der Waals surface area contributed by atoms with Gasteiger partial charge in [0.1, 0.15) is 0 Å². The number of aliphatic carboxylic acids is 1. The Kier molecular flexibility index (Phi) is 4.85. The summed E-state index contributed by atoms with van der Waals surface area (Å²) in [5.41, 5.74) is 0.316. The van der Waals surface area contributed by atoms with Gasteiger partial charge in [-0.1, -0.05) is 30.2 Å². The fourth-order valence-corrected chi connectivity index (χ4v) is 2.77. The second-order valence-corrected chi connectivity index (χ2v) is 5.78. The molecule has 5 nitrogen and oxygen atoms in total. The Hall–Kier alpha value is -1.59. The number of carbonyl (C=O) groups excluding carboxylic acids is 1. The van der Waals surface area contributed by atoms with Gasteiger partial charge in [0.2, 0.25) is 5.91 Å². The highest BCUT2D eigenvalue weighted by Crippen LogP contribution is 2.44. The van der Waals surface area contributed by atoms with E-state index in [0.29, 0.717) is 5.02 Å². The minimum atomic E-state index is -1.45. The Labute approximate surface area is 127 Å². The fraction of sp³-hybridized carbons (Fsp3) is 0.467. The molecule has 2 rings (SSSR count). The van der Waals surface area contributed by atoms with Gasteiger partial charge in [0, 0.05) is 18.0 Å². The Balaban J connectivity index is 2.00. The molecule has 1 aromatic carbocycles. The number of aliphatic hydroxyl groups is 1. The van der Waals surface area contributed by atoms with Gasteiger partial charge in [-0.15, -0.1) is 0 Å². The lowest BCUT2D eigenvalue weighted by Crippen LogP contribution is -2.49. The first-order valence-corrected chi connectivity index (χ1v) is 7.29. The van der Waals surface area contributed by atoms with Crippen molar-refractivity contribution >= 4 is 23.5 Å². The summed E-state index contributed by atoms with van der Waals surface area (Å²) in [7, 11) is 0. The summed E-state index contributed by atoms with van der Waals surface area (Å²) in [5.74, 6) is -1.41. The SMILES string of the molecule is O=C(O)C(O)CCNC(=O)C1(c2cccc(Cl)c2)CCC1. The van der Waals surface area contributed by atoms with Crippen molar-refractivity contribution in [1.29, 1.82) is 0 Å². The summed E-state index contributed by atoms with van der Waals surface area (Å²) in [4.78, 5) is 22.9. The highest BCUT2D eigenvalue weighted by atomic mass is 35.5. The standard InChI is InChI=1S/C15H18ClNO4/c16-11-4-1-3-10(9-11)15(6-2-7-15)14(21)17-8-5-12(18)13(19)20/h1,3-4,9,12,18H,2,5-8H2,(H,17,21)(H,19,20). The molecule has 0 saturated heterocycles. The van der Waals surface area contributed by atoms with Crippen LogP contribution in [0.15, 0.2) is 24.3 Å². The number of carbonyl (C=O) groups is 2. The van der Waals surface area contributed by atoms with Crippen LogP contribution in [0.4, 0.5) is 0 Å². The van der Waals surface area contributed by atoms with Gasteiger partial charge in [0.15, 0.2) is 6.10 Å². The van der Waals surface area contributed by atoms with Gasteiger partial charge in [-0.2, -0.15) is 0 Å². The molecular formula is C15H18ClNO4. The number of halogens is 1. The molecule has 1 atom stereocenters. The number of hydrogen-bond acceptors (Lipinski definition) is 3. The summed E-state index contributed by atoms with van der Waals surface area (Å²) in [6, 6.07) is 7.26. The monoisotopic (exact) mass is 311 g/mol. The van der Waals surface area contributed by atoms with Gasteiger partial charge < -0.3 is 15.5 Å². The number of carboxylic acid groups (broad SMARTS) is 1. The average molecular weight is 312 g/mol. The third kappa shape index (κ3) is 3.36. The summed E-state index contributed by atoms with van der Waals surface area (Å²) in [6.07, 6.45) is 1.01. The van der Waals surface area contributed by atoms with Crippen LogP contribution in [0, 0.1) is 0 Å². The Bertz CT molecular complexity index is 542. The van der Waals surface area contributed by atoms with E-state index in [1.165, 1.54) is 0 Å². The Morgan fingerprint density at radius 3 is 2.62 bits per heavy atom. The third-order valence-electron chi connectivity index (χ3n) is 4.01. The predicted molar refractivity (Wildman–Crippen MR) is 78.3 cm³/mol. The van der Waals surface area contributed by atoms with Crippen molar-refractivity contribution in [2.75, 3.05) is 6.54 Å². The molecule has 0 aromatic heterocycles. The molecule has 21 heavy (non-hydrogen) atoms. The van der Waals surface area contributed by atoms with E-state index in [4.69, 9.17) is 16.7 Å². The Morgan fingerprint density at radius 1 is 1.38 bits per heavy atom. The first-order chi connectivity index (χ1) is 9.95. The van der Waals surface area contributed by atoms with E-state index in [9.17, 15) is 14.7 Å². The second kappa shape index (κ2) is 6.45. The van der Waals surface area contributed by atoms with Crippen molar-refractivity contribution in [3.63, 3.8) is 0 Å². The smallest absolute Gasteiger partial charge is 0.332 e. The highest BCUT2D eigenvalue weighted by Gasteiger charge is 2.45. The van der Waals surface area contributed by atoms with E-state index in [1.807, 2.05) is 12.1 Å². The van der Waals surface area contributed by atoms with Crippen molar-refractivity contribution in [3.8, 4) is 0 Å². The van der Waals surface area contributed by atoms with Crippen molar-refractivity contribution in [2.24, 2.45) is 0 Å². The van der Waals surface area contributed by atoms with E-state index in [-0.39, 0.29) is 18.9 Å². The molecule has 3 N–H and O–H groups in total. The van der Waals surface area contributed by atoms with Crippen molar-refractivity contribution in [1.82, 2.24) is 5.32 Å². The molecule has 0 aliphatic heterocycles. The summed E-state index contributed by atoms with van der Waals surface area (Å²) < 4.78 is 0. The van der Waals surface area contributed by atoms with Crippen LogP contribution in [0.2, 0.25) is 5.02 Å². The zero-order chi connectivity index (χ0) is 15.5. The van der Waals surface area contributed by atoms with Crippen molar-refractivity contribution in [3.05, 3.63) is 34.9 Å². The van der Waals surface area contributed by atoms with Gasteiger partial charge >= 0.3 is 5.97 Å². The molecule has 0 bridgehead atoms. The molecule has 0 heterocycles. The quantitative estimate of drug-likeness (QED) is 0.746. The fourth-order valence-electron chi connectivity index (χ4n) is 2.58. The number of benzene rings is 1. The number of amides is 1. The predicted octanol–water partition coefficient (Wildman–Crippen LogP) is 1.71. The van der Waals surface area contributed by atoms with Crippen LogP contribution >= 0.6 is 11.6 Å². The molecule has 0 radical (unpaired) electrons. The first kappa shape index (κ1) is 15.8. The normalized spacial score (nSPS) is 17.6. The average Bonchev–Trinajstić information content (AvgIpc) is 2.37. The van der Waals surface area contributed by atoms with Gasteiger partial charge in [0.05, 0.1) is 5.41 Å². The van der Waals surface area contributed by atoms with E-state index in [1.54, 1.807) is 12.1 Å². The van der Waals surface area contributed by atoms with Crippen LogP contribution in [-0.4, -0.2) is 34.7 Å². The second-order valence-electron chi connectivity index (χ2n) is 5.34. The number of aliphatic hydroxyl groups excluding tert-OH is 1. The summed E-state index contributed by atoms with van der Waals surface area (Å²) >= 11 is 5.99. The molecular weight excluding hydrogens is 294 g/mol. The first-order valence-electron chi connectivity index (χ1n) is 6.91. The number of rotatable bonds is 6. The zero-order valence-corrected chi connectivity index (χ0v) is 12.3. The molecule has 114 valence electrons. The molecule has 1 aliphatic rings. The van der Waals surface area contributed by atoms with E-state index in [2.05, 4.69) is 5.32 Å². The molecule has 1 amide bonds. The summed E-state index contributed by atoms with van der Waals surface area (Å²) in [5, 5.41) is 21.1. The van der Waals surface area contributed by atoms with Gasteiger partial charge in [-0.3, -0.25) is 4.79 Å². The maximum Gasteiger partial charge on any atom is 0.332 e.